The van der Waals surface area contributed by atoms with E-state index in [0.29, 0.717) is 30.8 Å². The predicted octanol–water partition coefficient (Wildman–Crippen LogP) is 0.0645. The summed E-state index contributed by atoms with van der Waals surface area (Å²) in [5.41, 5.74) is 1.16. The Labute approximate surface area is 124 Å². The minimum absolute atomic E-state index is 0.0361. The molecular formula is C14H19NO5S. The molecule has 1 aliphatic heterocycles. The van der Waals surface area contributed by atoms with Crippen molar-refractivity contribution < 1.29 is 23.1 Å². The van der Waals surface area contributed by atoms with Gasteiger partial charge in [-0.1, -0.05) is 12.1 Å². The highest BCUT2D eigenvalue weighted by atomic mass is 32.2. The lowest BCUT2D eigenvalue weighted by atomic mass is 10.1. The van der Waals surface area contributed by atoms with Gasteiger partial charge in [0.15, 0.2) is 9.84 Å². The highest BCUT2D eigenvalue weighted by Crippen LogP contribution is 2.13. The van der Waals surface area contributed by atoms with Crippen molar-refractivity contribution in [3.8, 4) is 0 Å². The van der Waals surface area contributed by atoms with Crippen LogP contribution in [0.1, 0.15) is 15.9 Å². The maximum absolute atomic E-state index is 12.3. The quantitative estimate of drug-likeness (QED) is 0.850. The Morgan fingerprint density at radius 1 is 1.38 bits per heavy atom. The van der Waals surface area contributed by atoms with Crippen molar-refractivity contribution in [2.45, 2.75) is 11.9 Å². The minimum atomic E-state index is -3.08. The van der Waals surface area contributed by atoms with Crippen molar-refractivity contribution in [1.82, 2.24) is 4.90 Å². The molecule has 1 amide bonds. The van der Waals surface area contributed by atoms with E-state index in [1.165, 1.54) is 6.26 Å². The second-order valence-corrected chi connectivity index (χ2v) is 7.33. The number of hydrogen-bond donors (Lipinski definition) is 1. The second kappa shape index (κ2) is 6.55. The highest BCUT2D eigenvalue weighted by Gasteiger charge is 2.24. The molecule has 1 atom stereocenters. The Morgan fingerprint density at radius 2 is 2.05 bits per heavy atom. The van der Waals surface area contributed by atoms with Gasteiger partial charge >= 0.3 is 0 Å². The van der Waals surface area contributed by atoms with Crippen molar-refractivity contribution >= 4 is 15.7 Å². The van der Waals surface area contributed by atoms with E-state index in [1.54, 1.807) is 29.2 Å². The molecule has 6 nitrogen and oxygen atoms in total. The molecule has 21 heavy (non-hydrogen) atoms. The topological polar surface area (TPSA) is 83.9 Å². The number of hydrogen-bond acceptors (Lipinski definition) is 5. The van der Waals surface area contributed by atoms with Crippen molar-refractivity contribution in [3.63, 3.8) is 0 Å². The first kappa shape index (κ1) is 15.9. The Kier molecular flexibility index (Phi) is 4.97. The summed E-state index contributed by atoms with van der Waals surface area (Å²) in [5, 5.41) is 9.09. The van der Waals surface area contributed by atoms with E-state index in [9.17, 15) is 13.2 Å². The van der Waals surface area contributed by atoms with Crippen LogP contribution in [0.25, 0.3) is 0 Å². The summed E-state index contributed by atoms with van der Waals surface area (Å²) >= 11 is 0. The van der Waals surface area contributed by atoms with Gasteiger partial charge in [0.25, 0.3) is 5.91 Å². The molecule has 2 rings (SSSR count). The zero-order chi connectivity index (χ0) is 15.5. The summed E-state index contributed by atoms with van der Waals surface area (Å²) in [6.45, 7) is 1.14. The fraction of sp³-hybridized carbons (Fsp3) is 0.500. The number of morpholine rings is 1. The van der Waals surface area contributed by atoms with Gasteiger partial charge in [0, 0.05) is 24.9 Å². The first-order valence-corrected chi connectivity index (χ1v) is 8.73. The third kappa shape index (κ3) is 4.52. The molecule has 1 N–H and O–H groups in total. The van der Waals surface area contributed by atoms with Crippen LogP contribution < -0.4 is 0 Å². The van der Waals surface area contributed by atoms with Crippen LogP contribution in [-0.4, -0.2) is 63.0 Å². The summed E-state index contributed by atoms with van der Waals surface area (Å²) in [6.07, 6.45) is 0.835. The number of ether oxygens (including phenoxy) is 1. The van der Waals surface area contributed by atoms with E-state index in [0.717, 1.165) is 0 Å². The Hall–Kier alpha value is -1.44. The number of sulfone groups is 1. The Bertz CT molecular complexity index is 596. The van der Waals surface area contributed by atoms with E-state index >= 15 is 0 Å². The van der Waals surface area contributed by atoms with E-state index in [4.69, 9.17) is 9.84 Å². The van der Waals surface area contributed by atoms with Crippen LogP contribution in [0.3, 0.4) is 0 Å². The van der Waals surface area contributed by atoms with E-state index in [2.05, 4.69) is 0 Å². The van der Waals surface area contributed by atoms with Gasteiger partial charge in [-0.05, 0) is 17.7 Å². The van der Waals surface area contributed by atoms with Crippen LogP contribution in [0.4, 0.5) is 0 Å². The third-order valence-corrected chi connectivity index (χ3v) is 4.12. The van der Waals surface area contributed by atoms with Crippen molar-refractivity contribution in [1.29, 1.82) is 0 Å². The average Bonchev–Trinajstić information content (AvgIpc) is 2.46. The molecule has 0 bridgehead atoms. The second-order valence-electron chi connectivity index (χ2n) is 5.19. The molecule has 1 fully saturated rings. The molecule has 1 aromatic carbocycles. The van der Waals surface area contributed by atoms with Crippen molar-refractivity contribution in [2.75, 3.05) is 32.6 Å². The highest BCUT2D eigenvalue weighted by molar-refractivity contribution is 7.89. The number of aliphatic hydroxyl groups excluding tert-OH is 1. The zero-order valence-corrected chi connectivity index (χ0v) is 12.7. The molecule has 0 saturated carbocycles. The average molecular weight is 313 g/mol. The zero-order valence-electron chi connectivity index (χ0n) is 11.9. The summed E-state index contributed by atoms with van der Waals surface area (Å²) in [6, 6.07) is 6.56. The van der Waals surface area contributed by atoms with Gasteiger partial charge in [0.1, 0.15) is 0 Å². The summed E-state index contributed by atoms with van der Waals surface area (Å²) in [7, 11) is -3.08. The van der Waals surface area contributed by atoms with Crippen LogP contribution in [-0.2, 0) is 20.3 Å². The number of carbonyl (C=O) groups is 1. The van der Waals surface area contributed by atoms with Gasteiger partial charge < -0.3 is 14.7 Å². The molecule has 0 aromatic heterocycles. The van der Waals surface area contributed by atoms with Crippen molar-refractivity contribution in [3.05, 3.63) is 35.4 Å². The SMILES string of the molecule is CS(=O)(=O)Cc1ccc(C(=O)N2CCOC(CO)C2)cc1. The van der Waals surface area contributed by atoms with Crippen LogP contribution in [0.5, 0.6) is 0 Å². The first-order valence-electron chi connectivity index (χ1n) is 6.67. The molecule has 1 aliphatic rings. The number of rotatable bonds is 4. The summed E-state index contributed by atoms with van der Waals surface area (Å²) in [4.78, 5) is 14.0. The summed E-state index contributed by atoms with van der Waals surface area (Å²) in [5.74, 6) is -0.173. The van der Waals surface area contributed by atoms with E-state index in [1.807, 2.05) is 0 Å². The Morgan fingerprint density at radius 3 is 2.62 bits per heavy atom. The molecule has 0 radical (unpaired) electrons. The molecule has 1 heterocycles. The largest absolute Gasteiger partial charge is 0.394 e. The van der Waals surface area contributed by atoms with Crippen molar-refractivity contribution in [2.24, 2.45) is 0 Å². The lowest BCUT2D eigenvalue weighted by Crippen LogP contribution is -2.46. The molecule has 116 valence electrons. The molecule has 0 spiro atoms. The summed E-state index contributed by atoms with van der Waals surface area (Å²) < 4.78 is 27.8. The van der Waals surface area contributed by atoms with Crippen LogP contribution in [0, 0.1) is 0 Å². The van der Waals surface area contributed by atoms with Gasteiger partial charge in [-0.3, -0.25) is 4.79 Å². The fourth-order valence-electron chi connectivity index (χ4n) is 2.24. The first-order chi connectivity index (χ1) is 9.89. The lowest BCUT2D eigenvalue weighted by molar-refractivity contribution is -0.0447. The number of nitrogens with zero attached hydrogens (tertiary/aromatic N) is 1. The predicted molar refractivity (Wildman–Crippen MR) is 77.7 cm³/mol. The van der Waals surface area contributed by atoms with Gasteiger partial charge in [0.2, 0.25) is 0 Å². The molecular weight excluding hydrogens is 294 g/mol. The maximum atomic E-state index is 12.3. The van der Waals surface area contributed by atoms with Crippen LogP contribution in [0.15, 0.2) is 24.3 Å². The molecule has 1 saturated heterocycles. The molecule has 1 aromatic rings. The van der Waals surface area contributed by atoms with Gasteiger partial charge in [0.05, 0.1) is 25.1 Å². The van der Waals surface area contributed by atoms with Crippen LogP contribution >= 0.6 is 0 Å². The van der Waals surface area contributed by atoms with Gasteiger partial charge in [-0.25, -0.2) is 8.42 Å². The normalized spacial score (nSPS) is 19.5. The third-order valence-electron chi connectivity index (χ3n) is 3.26. The fourth-order valence-corrected chi connectivity index (χ4v) is 3.04. The smallest absolute Gasteiger partial charge is 0.254 e. The number of benzene rings is 1. The van der Waals surface area contributed by atoms with Crippen LogP contribution in [0.2, 0.25) is 0 Å². The molecule has 1 unspecified atom stereocenters. The monoisotopic (exact) mass is 313 g/mol. The van der Waals surface area contributed by atoms with E-state index in [-0.39, 0.29) is 24.4 Å². The number of carbonyl (C=O) groups excluding carboxylic acids is 1. The van der Waals surface area contributed by atoms with Gasteiger partial charge in [-0.2, -0.15) is 0 Å². The van der Waals surface area contributed by atoms with E-state index < -0.39 is 9.84 Å². The standard InChI is InChI=1S/C14H19NO5S/c1-21(18,19)10-11-2-4-12(5-3-11)14(17)15-6-7-20-13(8-15)9-16/h2-5,13,16H,6-10H2,1H3. The minimum Gasteiger partial charge on any atom is -0.394 e. The molecule has 7 heteroatoms. The number of aliphatic hydroxyl groups is 1. The lowest BCUT2D eigenvalue weighted by Gasteiger charge is -2.32. The number of amides is 1. The Balaban J connectivity index is 2.06. The molecule has 0 aliphatic carbocycles. The maximum Gasteiger partial charge on any atom is 0.254 e. The van der Waals surface area contributed by atoms with Gasteiger partial charge in [-0.15, -0.1) is 0 Å².